The third kappa shape index (κ3) is 2.99. The van der Waals surface area contributed by atoms with Gasteiger partial charge in [0.15, 0.2) is 0 Å². The van der Waals surface area contributed by atoms with Crippen molar-refractivity contribution >= 4 is 17.6 Å². The van der Waals surface area contributed by atoms with E-state index in [1.165, 1.54) is 20.9 Å². The van der Waals surface area contributed by atoms with Crippen LogP contribution in [0.4, 0.5) is 0 Å². The Hall–Kier alpha value is -1.71. The first kappa shape index (κ1) is 14.2. The molecule has 2 heterocycles. The van der Waals surface area contributed by atoms with Crippen LogP contribution in [0, 0.1) is 6.92 Å². The van der Waals surface area contributed by atoms with Gasteiger partial charge in [-0.05, 0) is 29.7 Å². The van der Waals surface area contributed by atoms with Gasteiger partial charge in [-0.2, -0.15) is 0 Å². The maximum absolute atomic E-state index is 10.9. The molecule has 0 N–H and O–H groups in total. The maximum Gasteiger partial charge on any atom is 0.146 e. The van der Waals surface area contributed by atoms with Gasteiger partial charge < -0.3 is 0 Å². The molecule has 0 saturated carbocycles. The minimum Gasteiger partial charge on any atom is -0.298 e. The summed E-state index contributed by atoms with van der Waals surface area (Å²) in [5.74, 6) is 0.388. The number of aryl methyl sites for hydroxylation is 1. The van der Waals surface area contributed by atoms with Crippen molar-refractivity contribution in [2.75, 3.05) is 13.1 Å². The average Bonchev–Trinajstić information content (AvgIpc) is 2.87. The van der Waals surface area contributed by atoms with Crippen molar-refractivity contribution in [1.29, 1.82) is 0 Å². The average molecular weight is 297 g/mol. The molecule has 0 radical (unpaired) electrons. The molecule has 0 aliphatic carbocycles. The highest BCUT2D eigenvalue weighted by molar-refractivity contribution is 7.12. The number of carbonyl (C=O) groups is 1. The molecule has 0 spiro atoms. The number of nitrogens with zero attached hydrogens (tertiary/aromatic N) is 1. The third-order valence-electron chi connectivity index (χ3n) is 3.94. The van der Waals surface area contributed by atoms with E-state index < -0.39 is 0 Å². The minimum absolute atomic E-state index is 0.388. The minimum atomic E-state index is 0.388. The quantitative estimate of drug-likeness (QED) is 0.632. The second-order valence-electron chi connectivity index (χ2n) is 5.64. The number of hydrogen-bond donors (Lipinski definition) is 0. The van der Waals surface area contributed by atoms with Crippen LogP contribution in [0.25, 0.3) is 0 Å². The fourth-order valence-electron chi connectivity index (χ4n) is 3.04. The van der Waals surface area contributed by atoms with E-state index in [9.17, 15) is 4.79 Å². The van der Waals surface area contributed by atoms with Crippen molar-refractivity contribution in [2.45, 2.75) is 19.4 Å². The highest BCUT2D eigenvalue weighted by Gasteiger charge is 2.28. The SMILES string of the molecule is C=C(C=O)CN1Cc2sc(C)cc2[C@H](c2ccccc2)C1. The Balaban J connectivity index is 1.94. The van der Waals surface area contributed by atoms with Gasteiger partial charge in [0, 0.05) is 35.3 Å². The van der Waals surface area contributed by atoms with E-state index in [0.717, 1.165) is 19.4 Å². The van der Waals surface area contributed by atoms with Gasteiger partial charge in [-0.15, -0.1) is 11.3 Å². The highest BCUT2D eigenvalue weighted by atomic mass is 32.1. The van der Waals surface area contributed by atoms with E-state index in [2.05, 4.69) is 54.8 Å². The highest BCUT2D eigenvalue weighted by Crippen LogP contribution is 2.38. The summed E-state index contributed by atoms with van der Waals surface area (Å²) in [5, 5.41) is 0. The normalized spacial score (nSPS) is 18.2. The van der Waals surface area contributed by atoms with Gasteiger partial charge in [0.2, 0.25) is 0 Å². The Labute approximate surface area is 129 Å². The number of carbonyl (C=O) groups excluding carboxylic acids is 1. The summed E-state index contributed by atoms with van der Waals surface area (Å²) in [6, 6.07) is 13.0. The topological polar surface area (TPSA) is 20.3 Å². The fourth-order valence-corrected chi connectivity index (χ4v) is 4.18. The molecular weight excluding hydrogens is 278 g/mol. The lowest BCUT2D eigenvalue weighted by molar-refractivity contribution is -0.105. The molecular formula is C18H19NOS. The zero-order valence-corrected chi connectivity index (χ0v) is 13.0. The van der Waals surface area contributed by atoms with E-state index in [-0.39, 0.29) is 0 Å². The maximum atomic E-state index is 10.9. The molecule has 0 bridgehead atoms. The van der Waals surface area contributed by atoms with Gasteiger partial charge in [-0.3, -0.25) is 9.69 Å². The van der Waals surface area contributed by atoms with Gasteiger partial charge in [-0.25, -0.2) is 0 Å². The molecule has 1 aliphatic rings. The van der Waals surface area contributed by atoms with Crippen molar-refractivity contribution in [1.82, 2.24) is 4.90 Å². The van der Waals surface area contributed by atoms with Gasteiger partial charge in [0.25, 0.3) is 0 Å². The fraction of sp³-hybridized carbons (Fsp3) is 0.278. The van der Waals surface area contributed by atoms with Crippen molar-refractivity contribution in [3.05, 3.63) is 69.4 Å². The molecule has 2 nitrogen and oxygen atoms in total. The van der Waals surface area contributed by atoms with Crippen LogP contribution < -0.4 is 0 Å². The number of rotatable bonds is 4. The summed E-state index contributed by atoms with van der Waals surface area (Å²) in [4.78, 5) is 16.0. The van der Waals surface area contributed by atoms with Crippen LogP contribution in [0.15, 0.2) is 48.6 Å². The van der Waals surface area contributed by atoms with Crippen LogP contribution >= 0.6 is 11.3 Å². The molecule has 2 aromatic rings. The second-order valence-corrected chi connectivity index (χ2v) is 6.99. The summed E-state index contributed by atoms with van der Waals surface area (Å²) >= 11 is 1.87. The van der Waals surface area contributed by atoms with Crippen molar-refractivity contribution in [3.8, 4) is 0 Å². The zero-order chi connectivity index (χ0) is 14.8. The molecule has 108 valence electrons. The Morgan fingerprint density at radius 1 is 1.43 bits per heavy atom. The summed E-state index contributed by atoms with van der Waals surface area (Å²) in [6.45, 7) is 8.51. The zero-order valence-electron chi connectivity index (χ0n) is 12.2. The number of fused-ring (bicyclic) bond motifs is 1. The Morgan fingerprint density at radius 3 is 2.90 bits per heavy atom. The standard InChI is InChI=1S/C18H19NOS/c1-13(12-20)9-19-10-17(15-6-4-3-5-7-15)16-8-14(2)21-18(16)11-19/h3-8,12,17H,1,9-11H2,2H3/t17-/m0/s1. The van der Waals surface area contributed by atoms with Crippen molar-refractivity contribution in [2.24, 2.45) is 0 Å². The summed E-state index contributed by atoms with van der Waals surface area (Å²) in [5.41, 5.74) is 3.45. The van der Waals surface area contributed by atoms with Crippen LogP contribution in [0.1, 0.15) is 26.8 Å². The van der Waals surface area contributed by atoms with E-state index in [0.29, 0.717) is 18.0 Å². The van der Waals surface area contributed by atoms with Crippen LogP contribution in [-0.4, -0.2) is 24.3 Å². The Bertz CT molecular complexity index is 659. The molecule has 3 rings (SSSR count). The van der Waals surface area contributed by atoms with Crippen LogP contribution in [0.2, 0.25) is 0 Å². The molecule has 0 fully saturated rings. The molecule has 0 amide bonds. The predicted molar refractivity (Wildman–Crippen MR) is 87.8 cm³/mol. The summed E-state index contributed by atoms with van der Waals surface area (Å²) in [6.07, 6.45) is 0.868. The molecule has 1 aromatic carbocycles. The third-order valence-corrected chi connectivity index (χ3v) is 4.99. The smallest absolute Gasteiger partial charge is 0.146 e. The predicted octanol–water partition coefficient (Wildman–Crippen LogP) is 3.76. The van der Waals surface area contributed by atoms with E-state index in [1.54, 1.807) is 0 Å². The van der Waals surface area contributed by atoms with Crippen molar-refractivity contribution in [3.63, 3.8) is 0 Å². The largest absolute Gasteiger partial charge is 0.298 e. The monoisotopic (exact) mass is 297 g/mol. The van der Waals surface area contributed by atoms with Gasteiger partial charge in [0.05, 0.1) is 0 Å². The number of thiophene rings is 1. The molecule has 0 unspecified atom stereocenters. The first-order valence-electron chi connectivity index (χ1n) is 7.17. The molecule has 0 saturated heterocycles. The lowest BCUT2D eigenvalue weighted by Gasteiger charge is -2.33. The number of benzene rings is 1. The first-order valence-corrected chi connectivity index (χ1v) is 7.98. The lowest BCUT2D eigenvalue weighted by atomic mass is 9.88. The number of aldehydes is 1. The summed E-state index contributed by atoms with van der Waals surface area (Å²) in [7, 11) is 0. The second kappa shape index (κ2) is 5.96. The first-order chi connectivity index (χ1) is 10.2. The van der Waals surface area contributed by atoms with Crippen LogP contribution in [0.3, 0.4) is 0 Å². The molecule has 1 aromatic heterocycles. The molecule has 1 atom stereocenters. The number of hydrogen-bond acceptors (Lipinski definition) is 3. The van der Waals surface area contributed by atoms with Crippen LogP contribution in [-0.2, 0) is 11.3 Å². The Kier molecular flexibility index (Phi) is 4.04. The molecule has 1 aliphatic heterocycles. The van der Waals surface area contributed by atoms with Gasteiger partial charge in [0.1, 0.15) is 6.29 Å². The van der Waals surface area contributed by atoms with Gasteiger partial charge >= 0.3 is 0 Å². The van der Waals surface area contributed by atoms with E-state index >= 15 is 0 Å². The molecule has 21 heavy (non-hydrogen) atoms. The molecule has 3 heteroatoms. The summed E-state index contributed by atoms with van der Waals surface area (Å²) < 4.78 is 0. The van der Waals surface area contributed by atoms with E-state index in [4.69, 9.17) is 0 Å². The van der Waals surface area contributed by atoms with Crippen molar-refractivity contribution < 1.29 is 4.79 Å². The Morgan fingerprint density at radius 2 is 2.19 bits per heavy atom. The lowest BCUT2D eigenvalue weighted by Crippen LogP contribution is -2.34. The van der Waals surface area contributed by atoms with Gasteiger partial charge in [-0.1, -0.05) is 36.9 Å². The van der Waals surface area contributed by atoms with E-state index in [1.807, 2.05) is 11.3 Å². The van der Waals surface area contributed by atoms with Crippen LogP contribution in [0.5, 0.6) is 0 Å².